The molecule has 0 spiro atoms. The number of H-pyrrole nitrogens is 1. The van der Waals surface area contributed by atoms with Crippen molar-refractivity contribution < 1.29 is 92.0 Å². The molecule has 690 valence electrons. The quantitative estimate of drug-likeness (QED) is 0.0462. The number of phenolic OH excluding ortho intramolecular Hbond substituents is 2. The molecule has 36 heteroatoms. The van der Waals surface area contributed by atoms with Gasteiger partial charge in [-0.15, -0.1) is 11.8 Å². The number of likely N-dealkylation sites (N-methyl/N-ethyl adjacent to an activating group) is 5. The highest BCUT2D eigenvalue weighted by Gasteiger charge is 2.43. The Morgan fingerprint density at radius 2 is 0.899 bits per heavy atom. The van der Waals surface area contributed by atoms with Crippen LogP contribution in [0, 0.1) is 17.8 Å². The predicted molar refractivity (Wildman–Crippen MR) is 482 cm³/mol. The number of fused-ring (bicyclic) bond motifs is 1. The van der Waals surface area contributed by atoms with Gasteiger partial charge in [-0.3, -0.25) is 76.7 Å². The molecule has 129 heavy (non-hydrogen) atoms. The Hall–Kier alpha value is -13.7. The first kappa shape index (κ1) is 101. The molecule has 35 nitrogen and oxygen atoms in total. The van der Waals surface area contributed by atoms with E-state index in [9.17, 15) is 53.7 Å². The summed E-state index contributed by atoms with van der Waals surface area (Å²) in [6.45, 7) is 7.76. The Bertz CT molecular complexity index is 5090. The molecule has 15 N–H and O–H groups in total. The zero-order valence-corrected chi connectivity index (χ0v) is 75.1. The van der Waals surface area contributed by atoms with Gasteiger partial charge in [0.05, 0.1) is 31.8 Å². The van der Waals surface area contributed by atoms with E-state index in [0.717, 1.165) is 26.5 Å². The van der Waals surface area contributed by atoms with Gasteiger partial charge in [0.15, 0.2) is 0 Å². The number of aromatic nitrogens is 1. The van der Waals surface area contributed by atoms with Crippen LogP contribution in [0.1, 0.15) is 94.2 Å². The van der Waals surface area contributed by atoms with Gasteiger partial charge in [0.25, 0.3) is 0 Å². The maximum atomic E-state index is 15.6. The lowest BCUT2D eigenvalue weighted by molar-refractivity contribution is -0.152. The molecule has 1 aliphatic heterocycles. The second kappa shape index (κ2) is 48.3. The van der Waals surface area contributed by atoms with Gasteiger partial charge in [0.2, 0.25) is 88.6 Å². The maximum absolute atomic E-state index is 15.6. The van der Waals surface area contributed by atoms with Gasteiger partial charge in [0.1, 0.15) is 78.0 Å². The number of para-hydroxylation sites is 1. The van der Waals surface area contributed by atoms with Crippen molar-refractivity contribution >= 4 is 117 Å². The fourth-order valence-corrected chi connectivity index (χ4v) is 15.9. The first-order valence-electron chi connectivity index (χ1n) is 42.6. The van der Waals surface area contributed by atoms with Crippen LogP contribution in [0.3, 0.4) is 0 Å². The number of carboxylic acid groups (broad SMARTS) is 1. The van der Waals surface area contributed by atoms with E-state index in [1.165, 1.54) is 93.6 Å². The molecule has 6 aromatic carbocycles. The van der Waals surface area contributed by atoms with Gasteiger partial charge in [-0.2, -0.15) is 0 Å². The number of benzene rings is 6. The van der Waals surface area contributed by atoms with Crippen molar-refractivity contribution in [2.45, 2.75) is 166 Å². The number of amides is 15. The molecular weight excluding hydrogens is 1680 g/mol. The van der Waals surface area contributed by atoms with Crippen molar-refractivity contribution in [1.82, 2.24) is 77.3 Å². The van der Waals surface area contributed by atoms with Crippen molar-refractivity contribution in [2.75, 3.05) is 66.4 Å². The van der Waals surface area contributed by atoms with Crippen LogP contribution < -0.4 is 53.6 Å². The SMILES string of the molecule is CCC(C)C1C(=O)N(C)CC(=O)NC(CC(=O)O)C(=O)NC(C(C)C)C(=O)N(C)C(Cc2ccccc2)C(=O)NC(Cc2ccc(O)cc2)C(=O)N(C)CC(=O)NC(Cc2c[nH]c3ccccc23)C(=O)NC(Cc2ccc(O)cc2)C(=O)NC(CC(C)C)C(=O)NC(C(=O)NCC(N)=O)CSCC(=O)NC(Cc2ccccc2)C(=O)N(C)C(Cc2ccccc2)C(=O)N1C. The van der Waals surface area contributed by atoms with Crippen LogP contribution in [0.4, 0.5) is 0 Å². The molecule has 0 saturated carbocycles. The number of hydrogen-bond donors (Lipinski definition) is 14. The number of phenols is 2. The van der Waals surface area contributed by atoms with Gasteiger partial charge in [-0.1, -0.05) is 181 Å². The highest BCUT2D eigenvalue weighted by Crippen LogP contribution is 2.25. The molecule has 1 aliphatic rings. The molecule has 0 radical (unpaired) electrons. The molecular formula is C93H118N16O19S. The number of aromatic amines is 1. The third-order valence-electron chi connectivity index (χ3n) is 22.3. The summed E-state index contributed by atoms with van der Waals surface area (Å²) >= 11 is 0.827. The lowest BCUT2D eigenvalue weighted by atomic mass is 9.94. The van der Waals surface area contributed by atoms with E-state index in [0.29, 0.717) is 44.3 Å². The monoisotopic (exact) mass is 1790 g/mol. The molecule has 1 aromatic heterocycles. The van der Waals surface area contributed by atoms with Crippen LogP contribution in [-0.2, 0) is 115 Å². The van der Waals surface area contributed by atoms with Crippen molar-refractivity contribution in [3.8, 4) is 11.5 Å². The van der Waals surface area contributed by atoms with E-state index in [4.69, 9.17) is 5.73 Å². The minimum Gasteiger partial charge on any atom is -0.508 e. The standard InChI is InChI=1S/C93H118N16O19S/c1-12-56(6)82-93(128)106(8)51-78(114)98-70(47-80(116)117)87(122)104-81(55(4)5)92(127)107(9)74(44-58-26-18-14-19-27-58)88(123)102-71(43-61-34-38-64(111)39-35-61)89(124)105(7)50-77(113)97-69(46-62-48-95-66-31-23-22-30-65(62)66)86(121)101-68(41-60-32-36-63(110)37-33-60)85(120)100-67(40-54(2)3)84(119)103-73(83(118)96-49-76(94)112)52-129-53-79(115)99-72(42-57-24-16-13-17-25-57)90(125)108(10)75(91(126)109(82)11)45-59-28-20-15-21-29-59/h13-39,48,54-56,67-75,81-82,95,110-111H,12,40-47,49-53H2,1-11H3,(H2,94,112)(H,96,118)(H,97,113)(H,98,114)(H,99,115)(H,100,120)(H,101,121)(H,102,123)(H,103,119)(H,104,122)(H,116,117). The second-order valence-electron chi connectivity index (χ2n) is 33.2. The fourth-order valence-electron chi connectivity index (χ4n) is 15.0. The summed E-state index contributed by atoms with van der Waals surface area (Å²) in [7, 11) is 6.52. The predicted octanol–water partition coefficient (Wildman–Crippen LogP) is 2.18. The van der Waals surface area contributed by atoms with Crippen LogP contribution >= 0.6 is 11.8 Å². The second-order valence-corrected chi connectivity index (χ2v) is 34.3. The number of carbonyl (C=O) groups excluding carboxylic acids is 15. The van der Waals surface area contributed by atoms with Crippen LogP contribution in [0.5, 0.6) is 11.5 Å². The van der Waals surface area contributed by atoms with Crippen molar-refractivity contribution in [3.05, 3.63) is 203 Å². The van der Waals surface area contributed by atoms with Crippen molar-refractivity contribution in [3.63, 3.8) is 0 Å². The van der Waals surface area contributed by atoms with Crippen LogP contribution in [0.15, 0.2) is 170 Å². The molecule has 15 amide bonds. The highest BCUT2D eigenvalue weighted by molar-refractivity contribution is 8.00. The molecule has 0 bridgehead atoms. The van der Waals surface area contributed by atoms with E-state index < -0.39 is 205 Å². The maximum Gasteiger partial charge on any atom is 0.305 e. The molecule has 1 fully saturated rings. The number of primary amides is 1. The largest absolute Gasteiger partial charge is 0.508 e. The molecule has 12 atom stereocenters. The number of carbonyl (C=O) groups is 16. The summed E-state index contributed by atoms with van der Waals surface area (Å²) in [6, 6.07) is 27.2. The highest BCUT2D eigenvalue weighted by atomic mass is 32.2. The average molecular weight is 1800 g/mol. The minimum atomic E-state index is -1.91. The zero-order chi connectivity index (χ0) is 94.5. The molecule has 2 heterocycles. The number of nitrogens with zero attached hydrogens (tertiary/aromatic N) is 5. The van der Waals surface area contributed by atoms with E-state index in [1.807, 2.05) is 0 Å². The topological polar surface area (TPSA) is 500 Å². The number of thioether (sulfide) groups is 1. The lowest BCUT2D eigenvalue weighted by Crippen LogP contribution is -2.61. The Labute approximate surface area is 753 Å². The minimum absolute atomic E-state index is 0.0926. The van der Waals surface area contributed by atoms with E-state index >= 15 is 38.4 Å². The van der Waals surface area contributed by atoms with Gasteiger partial charge in [0, 0.05) is 96.6 Å². The van der Waals surface area contributed by atoms with Gasteiger partial charge in [-0.25, -0.2) is 0 Å². The van der Waals surface area contributed by atoms with Gasteiger partial charge >= 0.3 is 5.97 Å². The van der Waals surface area contributed by atoms with Crippen LogP contribution in [-0.4, -0.2) is 272 Å². The number of aromatic hydroxyl groups is 2. The Balaban J connectivity index is 1.21. The van der Waals surface area contributed by atoms with Gasteiger partial charge < -0.3 is 98.4 Å². The Kier molecular flexibility index (Phi) is 37.7. The number of nitrogens with two attached hydrogens (primary N) is 1. The average Bonchev–Trinajstić information content (AvgIpc) is 1.61. The summed E-state index contributed by atoms with van der Waals surface area (Å²) < 4.78 is 0. The fraction of sp³-hybridized carbons (Fsp3) is 0.419. The van der Waals surface area contributed by atoms with Crippen molar-refractivity contribution in [1.29, 1.82) is 0 Å². The third-order valence-corrected chi connectivity index (χ3v) is 23.4. The smallest absolute Gasteiger partial charge is 0.305 e. The molecule has 7 aromatic rings. The van der Waals surface area contributed by atoms with Crippen LogP contribution in [0.25, 0.3) is 10.9 Å². The molecule has 12 unspecified atom stereocenters. The number of carboxylic acids is 1. The Morgan fingerprint density at radius 3 is 1.43 bits per heavy atom. The number of hydrogen-bond acceptors (Lipinski definition) is 19. The number of nitrogens with one attached hydrogen (secondary N) is 10. The Morgan fingerprint density at radius 1 is 0.457 bits per heavy atom. The van der Waals surface area contributed by atoms with E-state index in [1.54, 1.807) is 163 Å². The first-order valence-corrected chi connectivity index (χ1v) is 43.7. The van der Waals surface area contributed by atoms with Gasteiger partial charge in [-0.05, 0) is 87.9 Å². The normalized spacial score (nSPS) is 22.2. The van der Waals surface area contributed by atoms with Crippen molar-refractivity contribution in [2.24, 2.45) is 23.5 Å². The summed E-state index contributed by atoms with van der Waals surface area (Å²) in [5.41, 5.74) is 9.10. The number of aliphatic carboxylic acids is 1. The first-order chi connectivity index (χ1) is 61.3. The third kappa shape index (κ3) is 30.0. The molecule has 0 aliphatic carbocycles. The summed E-state index contributed by atoms with van der Waals surface area (Å²) in [5, 5.41) is 55.6. The van der Waals surface area contributed by atoms with Crippen LogP contribution in [0.2, 0.25) is 0 Å². The molecule has 8 rings (SSSR count). The van der Waals surface area contributed by atoms with E-state index in [-0.39, 0.29) is 74.5 Å². The summed E-state index contributed by atoms with van der Waals surface area (Å²) in [4.78, 5) is 244. The summed E-state index contributed by atoms with van der Waals surface area (Å²) in [5.74, 6) is -18.2. The number of rotatable bonds is 22. The molecule has 1 saturated heterocycles. The summed E-state index contributed by atoms with van der Waals surface area (Å²) in [6.07, 6.45) is -0.561. The zero-order valence-electron chi connectivity index (χ0n) is 74.2. The lowest BCUT2D eigenvalue weighted by Gasteiger charge is -2.38. The van der Waals surface area contributed by atoms with E-state index in [2.05, 4.69) is 52.8 Å².